The molecule has 0 aromatic heterocycles. The summed E-state index contributed by atoms with van der Waals surface area (Å²) in [6.07, 6.45) is 1.95. The van der Waals surface area contributed by atoms with E-state index in [1.807, 2.05) is 6.92 Å². The third-order valence-corrected chi connectivity index (χ3v) is 4.91. The van der Waals surface area contributed by atoms with Gasteiger partial charge in [-0.2, -0.15) is 0 Å². The van der Waals surface area contributed by atoms with E-state index in [1.54, 1.807) is 0 Å². The van der Waals surface area contributed by atoms with Crippen LogP contribution in [0.3, 0.4) is 0 Å². The predicted molar refractivity (Wildman–Crippen MR) is 69.7 cm³/mol. The van der Waals surface area contributed by atoms with Crippen molar-refractivity contribution < 1.29 is 14.7 Å². The first kappa shape index (κ1) is 13.8. The number of ether oxygens (including phenoxy) is 2. The van der Waals surface area contributed by atoms with Crippen LogP contribution in [0.15, 0.2) is 5.16 Å². The van der Waals surface area contributed by atoms with Crippen LogP contribution in [-0.4, -0.2) is 29.9 Å². The SMILES string of the molecule is CC[C@H](C)C/C(=N\O)[C@H]1CO[C@]2(C)OC[C@H]1[C@H]2C. The van der Waals surface area contributed by atoms with Crippen molar-refractivity contribution in [3.05, 3.63) is 0 Å². The van der Waals surface area contributed by atoms with Gasteiger partial charge in [0.2, 0.25) is 0 Å². The topological polar surface area (TPSA) is 51.1 Å². The first-order chi connectivity index (χ1) is 8.51. The zero-order valence-electron chi connectivity index (χ0n) is 11.8. The summed E-state index contributed by atoms with van der Waals surface area (Å²) in [4.78, 5) is 0. The molecule has 2 aliphatic rings. The Labute approximate surface area is 109 Å². The molecular formula is C14H25NO3. The van der Waals surface area contributed by atoms with E-state index in [2.05, 4.69) is 25.9 Å². The molecule has 18 heavy (non-hydrogen) atoms. The zero-order chi connectivity index (χ0) is 13.3. The lowest BCUT2D eigenvalue weighted by atomic mass is 9.75. The van der Waals surface area contributed by atoms with Crippen LogP contribution in [0.2, 0.25) is 0 Å². The van der Waals surface area contributed by atoms with Gasteiger partial charge in [-0.3, -0.25) is 0 Å². The van der Waals surface area contributed by atoms with E-state index >= 15 is 0 Å². The van der Waals surface area contributed by atoms with E-state index in [0.29, 0.717) is 31.0 Å². The van der Waals surface area contributed by atoms with Crippen LogP contribution in [-0.2, 0) is 9.47 Å². The smallest absolute Gasteiger partial charge is 0.168 e. The van der Waals surface area contributed by atoms with Gasteiger partial charge in [-0.15, -0.1) is 0 Å². The second kappa shape index (κ2) is 5.17. The molecule has 0 radical (unpaired) electrons. The minimum absolute atomic E-state index is 0.203. The van der Waals surface area contributed by atoms with Crippen molar-refractivity contribution in [1.82, 2.24) is 0 Å². The molecule has 4 nitrogen and oxygen atoms in total. The van der Waals surface area contributed by atoms with Gasteiger partial charge in [-0.25, -0.2) is 0 Å². The fraction of sp³-hybridized carbons (Fsp3) is 0.929. The monoisotopic (exact) mass is 255 g/mol. The van der Waals surface area contributed by atoms with Crippen molar-refractivity contribution in [2.75, 3.05) is 13.2 Å². The molecular weight excluding hydrogens is 230 g/mol. The Morgan fingerprint density at radius 1 is 1.44 bits per heavy atom. The Kier molecular flexibility index (Phi) is 3.97. The average Bonchev–Trinajstić information content (AvgIpc) is 2.56. The molecule has 0 unspecified atom stereocenters. The highest BCUT2D eigenvalue weighted by Gasteiger charge is 2.53. The summed E-state index contributed by atoms with van der Waals surface area (Å²) in [7, 11) is 0. The Bertz CT molecular complexity index is 331. The summed E-state index contributed by atoms with van der Waals surface area (Å²) in [5.74, 6) is 1.08. The summed E-state index contributed by atoms with van der Waals surface area (Å²) in [6.45, 7) is 9.85. The van der Waals surface area contributed by atoms with Gasteiger partial charge >= 0.3 is 0 Å². The molecule has 1 N–H and O–H groups in total. The first-order valence-corrected chi connectivity index (χ1v) is 7.00. The number of hydrogen-bond acceptors (Lipinski definition) is 4. The fourth-order valence-electron chi connectivity index (χ4n) is 3.05. The quantitative estimate of drug-likeness (QED) is 0.477. The molecule has 4 heteroatoms. The van der Waals surface area contributed by atoms with Gasteiger partial charge in [-0.1, -0.05) is 32.3 Å². The first-order valence-electron chi connectivity index (χ1n) is 7.00. The highest BCUT2D eigenvalue weighted by molar-refractivity contribution is 5.87. The van der Waals surface area contributed by atoms with Gasteiger partial charge in [-0.05, 0) is 19.3 Å². The molecule has 2 saturated heterocycles. The van der Waals surface area contributed by atoms with E-state index in [9.17, 15) is 5.21 Å². The molecule has 0 amide bonds. The molecule has 2 fully saturated rings. The molecule has 0 aliphatic carbocycles. The lowest BCUT2D eigenvalue weighted by Crippen LogP contribution is -2.46. The number of nitrogens with zero attached hydrogens (tertiary/aromatic N) is 1. The molecule has 0 aromatic rings. The van der Waals surface area contributed by atoms with E-state index < -0.39 is 5.79 Å². The minimum Gasteiger partial charge on any atom is -0.411 e. The maximum absolute atomic E-state index is 9.29. The molecule has 2 aliphatic heterocycles. The minimum atomic E-state index is -0.432. The van der Waals surface area contributed by atoms with Crippen LogP contribution in [0, 0.1) is 23.7 Å². The van der Waals surface area contributed by atoms with Gasteiger partial charge in [0.15, 0.2) is 5.79 Å². The summed E-state index contributed by atoms with van der Waals surface area (Å²) in [5.41, 5.74) is 0.883. The van der Waals surface area contributed by atoms with Crippen molar-refractivity contribution in [2.24, 2.45) is 28.8 Å². The maximum Gasteiger partial charge on any atom is 0.168 e. The lowest BCUT2D eigenvalue weighted by molar-refractivity contribution is -0.228. The number of fused-ring (bicyclic) bond motifs is 2. The summed E-state index contributed by atoms with van der Waals surface area (Å²) < 4.78 is 11.6. The number of oxime groups is 1. The molecule has 2 bridgehead atoms. The van der Waals surface area contributed by atoms with Gasteiger partial charge in [0.25, 0.3) is 0 Å². The predicted octanol–water partition coefficient (Wildman–Crippen LogP) is 2.90. The molecule has 0 saturated carbocycles. The average molecular weight is 255 g/mol. The van der Waals surface area contributed by atoms with Crippen LogP contribution < -0.4 is 0 Å². The fourth-order valence-corrected chi connectivity index (χ4v) is 3.05. The molecule has 104 valence electrons. The molecule has 2 heterocycles. The highest BCUT2D eigenvalue weighted by atomic mass is 16.7. The van der Waals surface area contributed by atoms with Crippen LogP contribution in [0.25, 0.3) is 0 Å². The van der Waals surface area contributed by atoms with E-state index in [4.69, 9.17) is 9.47 Å². The third-order valence-electron chi connectivity index (χ3n) is 4.91. The van der Waals surface area contributed by atoms with Crippen LogP contribution in [0.4, 0.5) is 0 Å². The lowest BCUT2D eigenvalue weighted by Gasteiger charge is -2.39. The summed E-state index contributed by atoms with van der Waals surface area (Å²) in [6, 6.07) is 0. The zero-order valence-corrected chi connectivity index (χ0v) is 11.8. The Morgan fingerprint density at radius 3 is 2.72 bits per heavy atom. The second-order valence-electron chi connectivity index (χ2n) is 6.01. The standard InChI is InChI=1S/C14H25NO3/c1-5-9(2)6-13(15-16)12-8-18-14(4)10(3)11(12)7-17-14/h9-12,16H,5-8H2,1-4H3/b15-13+/t9-,10+,11-,12-,14-/m0/s1. The maximum atomic E-state index is 9.29. The largest absolute Gasteiger partial charge is 0.411 e. The number of rotatable bonds is 4. The highest BCUT2D eigenvalue weighted by Crippen LogP contribution is 2.46. The second-order valence-corrected chi connectivity index (χ2v) is 6.01. The van der Waals surface area contributed by atoms with Crippen LogP contribution in [0.1, 0.15) is 40.5 Å². The van der Waals surface area contributed by atoms with Gasteiger partial charge < -0.3 is 14.7 Å². The summed E-state index contributed by atoms with van der Waals surface area (Å²) in [5, 5.41) is 12.8. The normalized spacial score (nSPS) is 42.0. The van der Waals surface area contributed by atoms with Crippen molar-refractivity contribution in [1.29, 1.82) is 0 Å². The molecule has 5 atom stereocenters. The van der Waals surface area contributed by atoms with Gasteiger partial charge in [0.1, 0.15) is 0 Å². The van der Waals surface area contributed by atoms with Crippen LogP contribution >= 0.6 is 0 Å². The Morgan fingerprint density at radius 2 is 2.11 bits per heavy atom. The van der Waals surface area contributed by atoms with Crippen molar-refractivity contribution in [3.63, 3.8) is 0 Å². The molecule has 2 rings (SSSR count). The molecule has 0 spiro atoms. The van der Waals surface area contributed by atoms with E-state index in [-0.39, 0.29) is 5.92 Å². The summed E-state index contributed by atoms with van der Waals surface area (Å²) >= 11 is 0. The van der Waals surface area contributed by atoms with Crippen LogP contribution in [0.5, 0.6) is 0 Å². The number of hydrogen-bond donors (Lipinski definition) is 1. The Balaban J connectivity index is 2.09. The van der Waals surface area contributed by atoms with E-state index in [0.717, 1.165) is 18.6 Å². The Hall–Kier alpha value is -0.610. The van der Waals surface area contributed by atoms with Crippen molar-refractivity contribution in [2.45, 2.75) is 46.3 Å². The van der Waals surface area contributed by atoms with Crippen molar-refractivity contribution in [3.8, 4) is 0 Å². The van der Waals surface area contributed by atoms with Gasteiger partial charge in [0.05, 0.1) is 18.9 Å². The van der Waals surface area contributed by atoms with E-state index in [1.165, 1.54) is 0 Å². The van der Waals surface area contributed by atoms with Gasteiger partial charge in [0, 0.05) is 17.8 Å². The van der Waals surface area contributed by atoms with Crippen molar-refractivity contribution >= 4 is 5.71 Å². The third kappa shape index (κ3) is 2.28. The molecule has 0 aromatic carbocycles.